The minimum atomic E-state index is -0.694. The van der Waals surface area contributed by atoms with Gasteiger partial charge in [-0.25, -0.2) is 0 Å². The molecule has 1 fully saturated rings. The lowest BCUT2D eigenvalue weighted by Crippen LogP contribution is -2.39. The van der Waals surface area contributed by atoms with Crippen molar-refractivity contribution in [3.8, 4) is 11.5 Å². The van der Waals surface area contributed by atoms with Gasteiger partial charge in [-0.2, -0.15) is 0 Å². The first-order chi connectivity index (χ1) is 13.5. The van der Waals surface area contributed by atoms with Crippen LogP contribution < -0.4 is 9.47 Å². The van der Waals surface area contributed by atoms with E-state index in [-0.39, 0.29) is 12.0 Å². The van der Waals surface area contributed by atoms with Crippen LogP contribution in [0.15, 0.2) is 46.9 Å². The standard InChI is InChI=1S/C22H26BrNO4/c1-3-28-20-14-16(8-9-19(20)27-2)21(17-6-4-5-7-18(17)23)24-12-10-15(11-13-24)22(25)26/h4-9,14-15,21H,3,10-13H2,1-2H3,(H,25,26). The lowest BCUT2D eigenvalue weighted by atomic mass is 9.91. The maximum Gasteiger partial charge on any atom is 0.306 e. The van der Waals surface area contributed by atoms with Gasteiger partial charge in [-0.1, -0.05) is 40.2 Å². The van der Waals surface area contributed by atoms with E-state index < -0.39 is 5.97 Å². The second kappa shape index (κ2) is 9.43. The SMILES string of the molecule is CCOc1cc(C(c2ccccc2Br)N2CCC(C(=O)O)CC2)ccc1OC. The van der Waals surface area contributed by atoms with Gasteiger partial charge < -0.3 is 14.6 Å². The summed E-state index contributed by atoms with van der Waals surface area (Å²) in [7, 11) is 1.64. The first-order valence-electron chi connectivity index (χ1n) is 9.57. The van der Waals surface area contributed by atoms with E-state index in [1.165, 1.54) is 0 Å². The summed E-state index contributed by atoms with van der Waals surface area (Å²) in [5.74, 6) is 0.479. The van der Waals surface area contributed by atoms with E-state index in [2.05, 4.69) is 33.0 Å². The summed E-state index contributed by atoms with van der Waals surface area (Å²) in [6.45, 7) is 3.98. The van der Waals surface area contributed by atoms with Crippen molar-refractivity contribution < 1.29 is 19.4 Å². The Hall–Kier alpha value is -2.05. The Labute approximate surface area is 174 Å². The summed E-state index contributed by atoms with van der Waals surface area (Å²) in [5, 5.41) is 9.34. The molecule has 1 saturated heterocycles. The number of hydrogen-bond donors (Lipinski definition) is 1. The third-order valence-corrected chi connectivity index (χ3v) is 5.97. The number of aliphatic carboxylic acids is 1. The monoisotopic (exact) mass is 447 g/mol. The van der Waals surface area contributed by atoms with Crippen molar-refractivity contribution in [2.75, 3.05) is 26.8 Å². The van der Waals surface area contributed by atoms with Crippen LogP contribution in [0.25, 0.3) is 0 Å². The number of likely N-dealkylation sites (tertiary alicyclic amines) is 1. The van der Waals surface area contributed by atoms with Crippen molar-refractivity contribution in [2.24, 2.45) is 5.92 Å². The molecule has 0 radical (unpaired) electrons. The molecule has 0 saturated carbocycles. The van der Waals surface area contributed by atoms with Crippen LogP contribution in [0.1, 0.15) is 36.9 Å². The van der Waals surface area contributed by atoms with E-state index in [0.29, 0.717) is 25.2 Å². The van der Waals surface area contributed by atoms with E-state index >= 15 is 0 Å². The minimum absolute atomic E-state index is 0.00966. The van der Waals surface area contributed by atoms with Gasteiger partial charge >= 0.3 is 5.97 Å². The van der Waals surface area contributed by atoms with Gasteiger partial charge in [-0.05, 0) is 62.2 Å². The summed E-state index contributed by atoms with van der Waals surface area (Å²) < 4.78 is 12.3. The number of carboxylic acid groups (broad SMARTS) is 1. The maximum atomic E-state index is 11.4. The normalized spacial score (nSPS) is 16.5. The van der Waals surface area contributed by atoms with Crippen LogP contribution in [0.3, 0.4) is 0 Å². The van der Waals surface area contributed by atoms with Gasteiger partial charge in [0.2, 0.25) is 0 Å². The molecule has 5 nitrogen and oxygen atoms in total. The molecule has 0 aromatic heterocycles. The topological polar surface area (TPSA) is 59.0 Å². The number of carbonyl (C=O) groups is 1. The van der Waals surface area contributed by atoms with Gasteiger partial charge in [0.25, 0.3) is 0 Å². The molecule has 6 heteroatoms. The van der Waals surface area contributed by atoms with E-state index in [1.807, 2.05) is 37.3 Å². The lowest BCUT2D eigenvalue weighted by Gasteiger charge is -2.37. The average molecular weight is 448 g/mol. The fraction of sp³-hybridized carbons (Fsp3) is 0.409. The van der Waals surface area contributed by atoms with Gasteiger partial charge in [0.05, 0.1) is 25.7 Å². The van der Waals surface area contributed by atoms with Crippen molar-refractivity contribution in [1.82, 2.24) is 4.90 Å². The molecule has 2 aromatic rings. The molecule has 1 heterocycles. The quantitative estimate of drug-likeness (QED) is 0.663. The zero-order chi connectivity index (χ0) is 20.1. The molecule has 1 unspecified atom stereocenters. The van der Waals surface area contributed by atoms with Crippen LogP contribution >= 0.6 is 15.9 Å². The highest BCUT2D eigenvalue weighted by molar-refractivity contribution is 9.10. The predicted molar refractivity (Wildman–Crippen MR) is 112 cm³/mol. The predicted octanol–water partition coefficient (Wildman–Crippen LogP) is 4.74. The Morgan fingerprint density at radius 2 is 1.93 bits per heavy atom. The molecule has 150 valence electrons. The molecule has 0 spiro atoms. The van der Waals surface area contributed by atoms with Crippen LogP contribution in [0.2, 0.25) is 0 Å². The molecule has 28 heavy (non-hydrogen) atoms. The van der Waals surface area contributed by atoms with Crippen molar-refractivity contribution in [3.63, 3.8) is 0 Å². The molecule has 1 aliphatic rings. The fourth-order valence-corrected chi connectivity index (χ4v) is 4.32. The molecular weight excluding hydrogens is 422 g/mol. The minimum Gasteiger partial charge on any atom is -0.493 e. The Bertz CT molecular complexity index is 818. The molecule has 1 atom stereocenters. The van der Waals surface area contributed by atoms with Crippen LogP contribution in [-0.2, 0) is 4.79 Å². The smallest absolute Gasteiger partial charge is 0.306 e. The molecule has 1 aliphatic heterocycles. The number of methoxy groups -OCH3 is 1. The van der Waals surface area contributed by atoms with Gasteiger partial charge in [-0.3, -0.25) is 9.69 Å². The Morgan fingerprint density at radius 3 is 2.54 bits per heavy atom. The number of piperidine rings is 1. The van der Waals surface area contributed by atoms with Crippen molar-refractivity contribution in [3.05, 3.63) is 58.1 Å². The summed E-state index contributed by atoms with van der Waals surface area (Å²) >= 11 is 3.70. The second-order valence-corrected chi connectivity index (χ2v) is 7.77. The highest BCUT2D eigenvalue weighted by atomic mass is 79.9. The molecule has 1 N–H and O–H groups in total. The zero-order valence-electron chi connectivity index (χ0n) is 16.2. The fourth-order valence-electron chi connectivity index (χ4n) is 3.82. The Kier molecular flexibility index (Phi) is 6.97. The van der Waals surface area contributed by atoms with Crippen LogP contribution in [0.5, 0.6) is 11.5 Å². The molecular formula is C22H26BrNO4. The first-order valence-corrected chi connectivity index (χ1v) is 10.4. The summed E-state index contributed by atoms with van der Waals surface area (Å²) in [6, 6.07) is 14.2. The van der Waals surface area contributed by atoms with E-state index in [4.69, 9.17) is 9.47 Å². The van der Waals surface area contributed by atoms with E-state index in [0.717, 1.165) is 34.4 Å². The van der Waals surface area contributed by atoms with Crippen molar-refractivity contribution in [1.29, 1.82) is 0 Å². The van der Waals surface area contributed by atoms with Gasteiger partial charge in [0.15, 0.2) is 11.5 Å². The number of ether oxygens (including phenoxy) is 2. The summed E-state index contributed by atoms with van der Waals surface area (Å²) in [4.78, 5) is 13.7. The summed E-state index contributed by atoms with van der Waals surface area (Å²) in [5.41, 5.74) is 2.26. The summed E-state index contributed by atoms with van der Waals surface area (Å²) in [6.07, 6.45) is 1.31. The van der Waals surface area contributed by atoms with Crippen molar-refractivity contribution in [2.45, 2.75) is 25.8 Å². The number of carboxylic acids is 1. The number of rotatable bonds is 7. The maximum absolute atomic E-state index is 11.4. The number of halogens is 1. The van der Waals surface area contributed by atoms with Crippen LogP contribution in [0, 0.1) is 5.92 Å². The second-order valence-electron chi connectivity index (χ2n) is 6.92. The highest BCUT2D eigenvalue weighted by Crippen LogP contribution is 2.39. The Balaban J connectivity index is 1.99. The molecule has 3 rings (SSSR count). The van der Waals surface area contributed by atoms with Gasteiger partial charge in [0, 0.05) is 4.47 Å². The van der Waals surface area contributed by atoms with E-state index in [9.17, 15) is 9.90 Å². The van der Waals surface area contributed by atoms with Gasteiger partial charge in [-0.15, -0.1) is 0 Å². The molecule has 0 aliphatic carbocycles. The zero-order valence-corrected chi connectivity index (χ0v) is 17.8. The van der Waals surface area contributed by atoms with Gasteiger partial charge in [0.1, 0.15) is 0 Å². The molecule has 0 bridgehead atoms. The largest absolute Gasteiger partial charge is 0.493 e. The molecule has 0 amide bonds. The third kappa shape index (κ3) is 4.50. The first kappa shape index (κ1) is 20.7. The lowest BCUT2D eigenvalue weighted by molar-refractivity contribution is -0.143. The number of nitrogens with zero attached hydrogens (tertiary/aromatic N) is 1. The van der Waals surface area contributed by atoms with Crippen molar-refractivity contribution >= 4 is 21.9 Å². The Morgan fingerprint density at radius 1 is 1.21 bits per heavy atom. The van der Waals surface area contributed by atoms with Crippen LogP contribution in [-0.4, -0.2) is 42.8 Å². The van der Waals surface area contributed by atoms with Crippen LogP contribution in [0.4, 0.5) is 0 Å². The number of hydrogen-bond acceptors (Lipinski definition) is 4. The highest BCUT2D eigenvalue weighted by Gasteiger charge is 2.31. The third-order valence-electron chi connectivity index (χ3n) is 5.25. The van der Waals surface area contributed by atoms with E-state index in [1.54, 1.807) is 7.11 Å². The average Bonchev–Trinajstić information content (AvgIpc) is 2.70. The number of benzene rings is 2. The molecule has 2 aromatic carbocycles.